The van der Waals surface area contributed by atoms with Crippen LogP contribution in [0.25, 0.3) is 17.0 Å². The first kappa shape index (κ1) is 15.7. The largest absolute Gasteiger partial charge is 0.489 e. The van der Waals surface area contributed by atoms with Crippen LogP contribution in [0.5, 0.6) is 5.75 Å². The van der Waals surface area contributed by atoms with Gasteiger partial charge >= 0.3 is 5.63 Å². The van der Waals surface area contributed by atoms with E-state index in [-0.39, 0.29) is 11.3 Å². The Morgan fingerprint density at radius 1 is 1.17 bits per heavy atom. The van der Waals surface area contributed by atoms with Crippen LogP contribution in [-0.4, -0.2) is 5.78 Å². The highest BCUT2D eigenvalue weighted by molar-refractivity contribution is 5.96. The van der Waals surface area contributed by atoms with Crippen LogP contribution >= 0.6 is 0 Å². The molecule has 3 aromatic rings. The molecule has 0 aliphatic rings. The average molecular weight is 320 g/mol. The van der Waals surface area contributed by atoms with Gasteiger partial charge in [0.1, 0.15) is 23.5 Å². The summed E-state index contributed by atoms with van der Waals surface area (Å²) in [6.45, 7) is 5.46. The molecule has 120 valence electrons. The minimum absolute atomic E-state index is 0.0541. The van der Waals surface area contributed by atoms with Crippen molar-refractivity contribution in [3.05, 3.63) is 82.2 Å². The van der Waals surface area contributed by atoms with Gasteiger partial charge < -0.3 is 9.15 Å². The Kier molecular flexibility index (Phi) is 4.29. The second-order valence-electron chi connectivity index (χ2n) is 5.44. The number of ether oxygens (including phenoxy) is 1. The molecule has 0 atom stereocenters. The summed E-state index contributed by atoms with van der Waals surface area (Å²) in [4.78, 5) is 23.2. The third kappa shape index (κ3) is 3.27. The molecule has 0 saturated carbocycles. The van der Waals surface area contributed by atoms with Crippen LogP contribution < -0.4 is 10.4 Å². The van der Waals surface area contributed by atoms with Crippen LogP contribution in [0.2, 0.25) is 0 Å². The third-order valence-corrected chi connectivity index (χ3v) is 3.71. The number of Topliss-reactive ketones (excluding diaryl/α,β-unsaturated/α-hetero) is 1. The van der Waals surface area contributed by atoms with E-state index in [1.807, 2.05) is 24.3 Å². The van der Waals surface area contributed by atoms with Gasteiger partial charge in [-0.25, -0.2) is 4.79 Å². The zero-order chi connectivity index (χ0) is 17.1. The lowest BCUT2D eigenvalue weighted by Gasteiger charge is -2.07. The van der Waals surface area contributed by atoms with Crippen LogP contribution in [0.1, 0.15) is 28.4 Å². The normalized spacial score (nSPS) is 10.5. The Morgan fingerprint density at radius 3 is 2.58 bits per heavy atom. The van der Waals surface area contributed by atoms with Gasteiger partial charge in [0, 0.05) is 11.5 Å². The maximum absolute atomic E-state index is 11.8. The molecule has 4 nitrogen and oxygen atoms in total. The highest BCUT2D eigenvalue weighted by Crippen LogP contribution is 2.21. The number of ketones is 1. The first-order chi connectivity index (χ1) is 11.6. The van der Waals surface area contributed by atoms with Gasteiger partial charge in [0.05, 0.1) is 0 Å². The summed E-state index contributed by atoms with van der Waals surface area (Å²) >= 11 is 0. The molecule has 0 spiro atoms. The van der Waals surface area contributed by atoms with Gasteiger partial charge in [0.25, 0.3) is 0 Å². The molecule has 24 heavy (non-hydrogen) atoms. The molecule has 0 N–H and O–H groups in total. The van der Waals surface area contributed by atoms with E-state index in [9.17, 15) is 9.59 Å². The van der Waals surface area contributed by atoms with Gasteiger partial charge in [-0.3, -0.25) is 4.79 Å². The fourth-order valence-corrected chi connectivity index (χ4v) is 2.34. The summed E-state index contributed by atoms with van der Waals surface area (Å²) < 4.78 is 10.9. The first-order valence-corrected chi connectivity index (χ1v) is 7.50. The first-order valence-electron chi connectivity index (χ1n) is 7.50. The Hall–Kier alpha value is -3.14. The lowest BCUT2D eigenvalue weighted by molar-refractivity contribution is 0.101. The van der Waals surface area contributed by atoms with Gasteiger partial charge in [0.2, 0.25) is 0 Å². The van der Waals surface area contributed by atoms with E-state index in [2.05, 4.69) is 6.58 Å². The zero-order valence-electron chi connectivity index (χ0n) is 13.2. The smallest absolute Gasteiger partial charge is 0.347 e. The molecule has 0 fully saturated rings. The SMILES string of the molecule is C=Cc1ccc(COc2ccc3cc(C(C)=O)c(=O)oc3c2)cc1. The van der Waals surface area contributed by atoms with E-state index >= 15 is 0 Å². The third-order valence-electron chi connectivity index (χ3n) is 3.71. The standard InChI is InChI=1S/C20H16O4/c1-3-14-4-6-15(7-5-14)12-23-17-9-8-16-10-18(13(2)21)20(22)24-19(16)11-17/h3-11H,1,12H2,2H3. The number of benzene rings is 2. The number of carbonyl (C=O) groups excluding carboxylic acids is 1. The minimum Gasteiger partial charge on any atom is -0.489 e. The van der Waals surface area contributed by atoms with Crippen molar-refractivity contribution in [2.45, 2.75) is 13.5 Å². The summed E-state index contributed by atoms with van der Waals surface area (Å²) in [5, 5.41) is 0.683. The zero-order valence-corrected chi connectivity index (χ0v) is 13.2. The summed E-state index contributed by atoms with van der Waals surface area (Å²) in [6.07, 6.45) is 1.78. The Morgan fingerprint density at radius 2 is 1.92 bits per heavy atom. The summed E-state index contributed by atoms with van der Waals surface area (Å²) in [7, 11) is 0. The van der Waals surface area contributed by atoms with Gasteiger partial charge in [-0.2, -0.15) is 0 Å². The number of carbonyl (C=O) groups is 1. The monoisotopic (exact) mass is 320 g/mol. The number of hydrogen-bond donors (Lipinski definition) is 0. The van der Waals surface area contributed by atoms with Crippen molar-refractivity contribution in [3.63, 3.8) is 0 Å². The van der Waals surface area contributed by atoms with Crippen LogP contribution in [0.3, 0.4) is 0 Å². The Bertz CT molecular complexity index is 965. The van der Waals surface area contributed by atoms with Gasteiger partial charge in [-0.1, -0.05) is 36.9 Å². The van der Waals surface area contributed by atoms with Gasteiger partial charge in [-0.15, -0.1) is 0 Å². The van der Waals surface area contributed by atoms with Crippen molar-refractivity contribution >= 4 is 22.8 Å². The van der Waals surface area contributed by atoms with E-state index in [4.69, 9.17) is 9.15 Å². The van der Waals surface area contributed by atoms with E-state index in [1.165, 1.54) is 6.92 Å². The van der Waals surface area contributed by atoms with Crippen molar-refractivity contribution in [2.75, 3.05) is 0 Å². The van der Waals surface area contributed by atoms with Crippen LogP contribution in [0, 0.1) is 0 Å². The molecule has 0 saturated heterocycles. The van der Waals surface area contributed by atoms with Crippen LogP contribution in [-0.2, 0) is 6.61 Å². The van der Waals surface area contributed by atoms with Gasteiger partial charge in [-0.05, 0) is 36.2 Å². The second kappa shape index (κ2) is 6.54. The summed E-state index contributed by atoms with van der Waals surface area (Å²) in [5.41, 5.74) is 1.89. The summed E-state index contributed by atoms with van der Waals surface area (Å²) in [5.74, 6) is 0.281. The maximum atomic E-state index is 11.8. The summed E-state index contributed by atoms with van der Waals surface area (Å²) in [6, 6.07) is 14.6. The van der Waals surface area contributed by atoms with E-state index in [0.717, 1.165) is 11.1 Å². The van der Waals surface area contributed by atoms with E-state index in [0.29, 0.717) is 23.3 Å². The van der Waals surface area contributed by atoms with Crippen LogP contribution in [0.4, 0.5) is 0 Å². The van der Waals surface area contributed by atoms with E-state index < -0.39 is 5.63 Å². The van der Waals surface area contributed by atoms with Crippen molar-refractivity contribution < 1.29 is 13.9 Å². The molecule has 0 aliphatic heterocycles. The highest BCUT2D eigenvalue weighted by atomic mass is 16.5. The predicted molar refractivity (Wildman–Crippen MR) is 93.4 cm³/mol. The average Bonchev–Trinajstić information content (AvgIpc) is 2.59. The van der Waals surface area contributed by atoms with E-state index in [1.54, 1.807) is 30.3 Å². The molecule has 0 aliphatic carbocycles. The quantitative estimate of drug-likeness (QED) is 0.522. The molecule has 1 aromatic heterocycles. The molecule has 0 unspecified atom stereocenters. The lowest BCUT2D eigenvalue weighted by Crippen LogP contribution is -2.10. The van der Waals surface area contributed by atoms with Crippen LogP contribution in [0.15, 0.2) is 64.3 Å². The minimum atomic E-state index is -0.632. The maximum Gasteiger partial charge on any atom is 0.347 e. The van der Waals surface area contributed by atoms with Crippen molar-refractivity contribution in [1.82, 2.24) is 0 Å². The lowest BCUT2D eigenvalue weighted by atomic mass is 10.1. The fraction of sp³-hybridized carbons (Fsp3) is 0.100. The molecule has 0 amide bonds. The molecule has 3 rings (SSSR count). The van der Waals surface area contributed by atoms with Crippen molar-refractivity contribution in [1.29, 1.82) is 0 Å². The van der Waals surface area contributed by atoms with Crippen molar-refractivity contribution in [3.8, 4) is 5.75 Å². The number of hydrogen-bond acceptors (Lipinski definition) is 4. The van der Waals surface area contributed by atoms with Gasteiger partial charge in [0.15, 0.2) is 5.78 Å². The number of fused-ring (bicyclic) bond motifs is 1. The molecular weight excluding hydrogens is 304 g/mol. The molecule has 0 bridgehead atoms. The molecule has 1 heterocycles. The van der Waals surface area contributed by atoms with Crippen molar-refractivity contribution in [2.24, 2.45) is 0 Å². The Balaban J connectivity index is 1.82. The topological polar surface area (TPSA) is 56.5 Å². The fourth-order valence-electron chi connectivity index (χ4n) is 2.34. The molecular formula is C20H16O4. The second-order valence-corrected chi connectivity index (χ2v) is 5.44. The predicted octanol–water partition coefficient (Wildman–Crippen LogP) is 4.22. The number of rotatable bonds is 5. The molecule has 0 radical (unpaired) electrons. The molecule has 4 heteroatoms. The highest BCUT2D eigenvalue weighted by Gasteiger charge is 2.10. The Labute approximate surface area is 139 Å². The molecule has 2 aromatic carbocycles.